The molecule has 0 bridgehead atoms. The number of aromatic nitrogens is 3. The molecule has 120 valence electrons. The topological polar surface area (TPSA) is 88.0 Å². The summed E-state index contributed by atoms with van der Waals surface area (Å²) in [6.45, 7) is 1.90. The summed E-state index contributed by atoms with van der Waals surface area (Å²) in [5.41, 5.74) is 2.79. The van der Waals surface area contributed by atoms with Crippen LogP contribution in [0.15, 0.2) is 41.0 Å². The average Bonchev–Trinajstić information content (AvgIpc) is 2.52. The first-order chi connectivity index (χ1) is 11.5. The van der Waals surface area contributed by atoms with E-state index in [4.69, 9.17) is 5.11 Å². The second-order valence-corrected chi connectivity index (χ2v) is 5.99. The Morgan fingerprint density at radius 1 is 1.21 bits per heavy atom. The highest BCUT2D eigenvalue weighted by Gasteiger charge is 2.07. The van der Waals surface area contributed by atoms with E-state index < -0.39 is 6.09 Å². The molecule has 0 spiro atoms. The highest BCUT2D eigenvalue weighted by atomic mass is 79.9. The summed E-state index contributed by atoms with van der Waals surface area (Å²) in [4.78, 5) is 23.9. The van der Waals surface area contributed by atoms with E-state index in [9.17, 15) is 4.79 Å². The van der Waals surface area contributed by atoms with Crippen LogP contribution in [-0.2, 0) is 0 Å². The van der Waals surface area contributed by atoms with Gasteiger partial charge in [-0.2, -0.15) is 0 Å². The lowest BCUT2D eigenvalue weighted by atomic mass is 10.1. The molecule has 3 aromatic rings. The first-order valence-corrected chi connectivity index (χ1v) is 7.88. The fraction of sp³-hybridized carbons (Fsp3) is 0.0588. The van der Waals surface area contributed by atoms with Crippen molar-refractivity contribution in [3.63, 3.8) is 0 Å². The van der Waals surface area contributed by atoms with Crippen LogP contribution in [0, 0.1) is 6.92 Å². The molecule has 0 unspecified atom stereocenters. The van der Waals surface area contributed by atoms with Crippen molar-refractivity contribution in [2.45, 2.75) is 6.92 Å². The summed E-state index contributed by atoms with van der Waals surface area (Å²) in [5, 5.41) is 12.0. The van der Waals surface area contributed by atoms with Crippen LogP contribution in [0.4, 0.5) is 10.5 Å². The van der Waals surface area contributed by atoms with Crippen molar-refractivity contribution >= 4 is 50.8 Å². The lowest BCUT2D eigenvalue weighted by Gasteiger charge is -2.07. The molecule has 6 nitrogen and oxygen atoms in total. The van der Waals surface area contributed by atoms with E-state index in [-0.39, 0.29) is 0 Å². The Labute approximate surface area is 146 Å². The van der Waals surface area contributed by atoms with Crippen molar-refractivity contribution in [1.82, 2.24) is 15.0 Å². The van der Waals surface area contributed by atoms with Crippen molar-refractivity contribution in [1.29, 1.82) is 0 Å². The number of aryl methyl sites for hydroxylation is 1. The number of fused-ring (bicyclic) bond motifs is 1. The predicted molar refractivity (Wildman–Crippen MR) is 96.8 cm³/mol. The monoisotopic (exact) mass is 384 g/mol. The van der Waals surface area contributed by atoms with E-state index in [1.54, 1.807) is 18.3 Å². The Hall–Kier alpha value is -2.80. The number of rotatable bonds is 3. The van der Waals surface area contributed by atoms with Crippen LogP contribution in [0.3, 0.4) is 0 Å². The van der Waals surface area contributed by atoms with Gasteiger partial charge < -0.3 is 5.11 Å². The van der Waals surface area contributed by atoms with E-state index >= 15 is 0 Å². The number of nitrogens with zero attached hydrogens (tertiary/aromatic N) is 3. The van der Waals surface area contributed by atoms with Crippen LogP contribution in [0.1, 0.15) is 17.2 Å². The minimum Gasteiger partial charge on any atom is -0.465 e. The third kappa shape index (κ3) is 3.75. The number of halogens is 1. The Kier molecular flexibility index (Phi) is 4.52. The first kappa shape index (κ1) is 16.1. The zero-order valence-electron chi connectivity index (χ0n) is 12.7. The van der Waals surface area contributed by atoms with E-state index in [1.165, 1.54) is 0 Å². The van der Waals surface area contributed by atoms with Gasteiger partial charge in [0.15, 0.2) is 5.82 Å². The molecule has 0 aliphatic heterocycles. The Morgan fingerprint density at radius 2 is 2.04 bits per heavy atom. The number of carboxylic acid groups (broad SMARTS) is 1. The second kappa shape index (κ2) is 6.76. The number of pyridine rings is 1. The summed E-state index contributed by atoms with van der Waals surface area (Å²) >= 11 is 3.37. The molecule has 2 heterocycles. The minimum atomic E-state index is -1.12. The van der Waals surface area contributed by atoms with Gasteiger partial charge >= 0.3 is 6.09 Å². The molecule has 0 atom stereocenters. The molecule has 0 aliphatic rings. The van der Waals surface area contributed by atoms with Crippen LogP contribution in [0.5, 0.6) is 0 Å². The summed E-state index contributed by atoms with van der Waals surface area (Å²) in [6, 6.07) is 9.02. The Bertz CT molecular complexity index is 956. The van der Waals surface area contributed by atoms with Crippen molar-refractivity contribution in [2.75, 3.05) is 5.32 Å². The second-order valence-electron chi connectivity index (χ2n) is 5.08. The molecular formula is C17H13BrN4O2. The molecule has 0 fully saturated rings. The minimum absolute atomic E-state index is 0.483. The molecule has 1 amide bonds. The number of benzene rings is 1. The number of anilines is 1. The number of amides is 1. The summed E-state index contributed by atoms with van der Waals surface area (Å²) in [5.74, 6) is 0.611. The van der Waals surface area contributed by atoms with Crippen LogP contribution >= 0.6 is 15.9 Å². The molecule has 0 radical (unpaired) electrons. The van der Waals surface area contributed by atoms with Crippen LogP contribution in [-0.4, -0.2) is 26.2 Å². The van der Waals surface area contributed by atoms with Crippen molar-refractivity contribution < 1.29 is 9.90 Å². The van der Waals surface area contributed by atoms with E-state index in [1.807, 2.05) is 37.3 Å². The average molecular weight is 385 g/mol. The van der Waals surface area contributed by atoms with Gasteiger partial charge in [0.2, 0.25) is 0 Å². The molecule has 3 rings (SSSR count). The van der Waals surface area contributed by atoms with Crippen molar-refractivity contribution in [3.05, 3.63) is 58.2 Å². The van der Waals surface area contributed by atoms with Crippen LogP contribution in [0.25, 0.3) is 23.1 Å². The molecule has 0 saturated carbocycles. The summed E-state index contributed by atoms with van der Waals surface area (Å²) in [6.07, 6.45) is 4.20. The maximum Gasteiger partial charge on any atom is 0.409 e. The smallest absolute Gasteiger partial charge is 0.409 e. The molecule has 24 heavy (non-hydrogen) atoms. The highest BCUT2D eigenvalue weighted by Crippen LogP contribution is 2.27. The third-order valence-corrected chi connectivity index (χ3v) is 3.71. The Balaban J connectivity index is 1.98. The van der Waals surface area contributed by atoms with Crippen LogP contribution < -0.4 is 5.32 Å². The van der Waals surface area contributed by atoms with Gasteiger partial charge in [0.25, 0.3) is 0 Å². The van der Waals surface area contributed by atoms with E-state index in [0.717, 1.165) is 21.2 Å². The summed E-state index contributed by atoms with van der Waals surface area (Å²) in [7, 11) is 0. The predicted octanol–water partition coefficient (Wildman–Crippen LogP) is 4.36. The van der Waals surface area contributed by atoms with Gasteiger partial charge in [0.1, 0.15) is 0 Å². The molecule has 7 heteroatoms. The normalized spacial score (nSPS) is 11.1. The quantitative estimate of drug-likeness (QED) is 0.700. The van der Waals surface area contributed by atoms with Gasteiger partial charge in [-0.1, -0.05) is 15.9 Å². The van der Waals surface area contributed by atoms with Gasteiger partial charge in [0.05, 0.1) is 16.9 Å². The van der Waals surface area contributed by atoms with Gasteiger partial charge in [-0.3, -0.25) is 5.32 Å². The van der Waals surface area contributed by atoms with Gasteiger partial charge in [0, 0.05) is 21.7 Å². The van der Waals surface area contributed by atoms with E-state index in [2.05, 4.69) is 36.2 Å². The highest BCUT2D eigenvalue weighted by molar-refractivity contribution is 9.10. The molecule has 0 aliphatic carbocycles. The fourth-order valence-corrected chi connectivity index (χ4v) is 2.68. The number of hydrogen-bond donors (Lipinski definition) is 2. The molecular weight excluding hydrogens is 372 g/mol. The lowest BCUT2D eigenvalue weighted by Crippen LogP contribution is -2.07. The molecule has 1 aromatic carbocycles. The Morgan fingerprint density at radius 3 is 2.79 bits per heavy atom. The largest absolute Gasteiger partial charge is 0.465 e. The SMILES string of the molecule is Cc1ccnc(C=Cc2ccc3c(NC(=O)O)cc(Br)cc3n2)n1. The third-order valence-electron chi connectivity index (χ3n) is 3.25. The van der Waals surface area contributed by atoms with Gasteiger partial charge in [-0.15, -0.1) is 0 Å². The van der Waals surface area contributed by atoms with Crippen molar-refractivity contribution in [3.8, 4) is 0 Å². The van der Waals surface area contributed by atoms with Crippen molar-refractivity contribution in [2.24, 2.45) is 0 Å². The fourth-order valence-electron chi connectivity index (χ4n) is 2.24. The van der Waals surface area contributed by atoms with Crippen LogP contribution in [0.2, 0.25) is 0 Å². The first-order valence-electron chi connectivity index (χ1n) is 7.09. The maximum atomic E-state index is 10.9. The van der Waals surface area contributed by atoms with E-state index in [0.29, 0.717) is 17.0 Å². The summed E-state index contributed by atoms with van der Waals surface area (Å²) < 4.78 is 0.745. The zero-order valence-corrected chi connectivity index (χ0v) is 14.3. The molecule has 2 N–H and O–H groups in total. The zero-order chi connectivity index (χ0) is 17.1. The lowest BCUT2D eigenvalue weighted by molar-refractivity contribution is 0.210. The number of hydrogen-bond acceptors (Lipinski definition) is 4. The molecule has 2 aromatic heterocycles. The maximum absolute atomic E-state index is 10.9. The molecule has 0 saturated heterocycles. The standard InChI is InChI=1S/C17H13BrN4O2/c1-10-6-7-19-16(20-10)5-3-12-2-4-13-14(21-12)8-11(18)9-15(13)22-17(23)24/h2-9,22H,1H3,(H,23,24). The van der Waals surface area contributed by atoms with Gasteiger partial charge in [-0.05, 0) is 49.4 Å². The number of carbonyl (C=O) groups is 1. The number of nitrogens with one attached hydrogen (secondary N) is 1. The van der Waals surface area contributed by atoms with Gasteiger partial charge in [-0.25, -0.2) is 19.7 Å².